The van der Waals surface area contributed by atoms with Crippen LogP contribution in [0.15, 0.2) is 11.8 Å². The molecule has 0 aromatic rings. The van der Waals surface area contributed by atoms with Gasteiger partial charge in [-0.3, -0.25) is 9.59 Å². The lowest BCUT2D eigenvalue weighted by molar-refractivity contribution is -0.137. The summed E-state index contributed by atoms with van der Waals surface area (Å²) in [7, 11) is 0. The van der Waals surface area contributed by atoms with Crippen LogP contribution in [0.1, 0.15) is 39.5 Å². The number of nitriles is 1. The monoisotopic (exact) mass is 281 g/mol. The molecule has 0 fully saturated rings. The molecule has 20 heavy (non-hydrogen) atoms. The van der Waals surface area contributed by atoms with Crippen LogP contribution < -0.4 is 10.6 Å². The molecule has 0 rings (SSSR count). The third-order valence-corrected chi connectivity index (χ3v) is 2.49. The van der Waals surface area contributed by atoms with Gasteiger partial charge in [0, 0.05) is 25.7 Å². The molecule has 6 heteroatoms. The summed E-state index contributed by atoms with van der Waals surface area (Å²) in [5.41, 5.74) is 0.0520. The molecule has 0 aromatic heterocycles. The van der Waals surface area contributed by atoms with Gasteiger partial charge >= 0.3 is 5.97 Å². The number of aliphatic carboxylic acids is 1. The largest absolute Gasteiger partial charge is 0.481 e. The first-order valence-corrected chi connectivity index (χ1v) is 6.81. The average molecular weight is 281 g/mol. The fraction of sp³-hybridized carbons (Fsp3) is 0.643. The first-order valence-electron chi connectivity index (χ1n) is 6.81. The second-order valence-electron chi connectivity index (χ2n) is 4.93. The lowest BCUT2D eigenvalue weighted by Crippen LogP contribution is -2.27. The van der Waals surface area contributed by atoms with Crippen LogP contribution in [0.4, 0.5) is 0 Å². The zero-order valence-electron chi connectivity index (χ0n) is 12.1. The van der Waals surface area contributed by atoms with Crippen molar-refractivity contribution in [1.82, 2.24) is 10.6 Å². The van der Waals surface area contributed by atoms with Crippen LogP contribution in [-0.2, 0) is 9.59 Å². The van der Waals surface area contributed by atoms with E-state index >= 15 is 0 Å². The predicted octanol–water partition coefficient (Wildman–Crippen LogP) is 1.40. The van der Waals surface area contributed by atoms with Crippen molar-refractivity contribution in [1.29, 1.82) is 5.26 Å². The van der Waals surface area contributed by atoms with Gasteiger partial charge in [-0.1, -0.05) is 20.3 Å². The number of amides is 1. The molecule has 112 valence electrons. The minimum absolute atomic E-state index is 0.0520. The Labute approximate surface area is 119 Å². The fourth-order valence-electron chi connectivity index (χ4n) is 1.42. The summed E-state index contributed by atoms with van der Waals surface area (Å²) in [6.45, 7) is 5.21. The smallest absolute Gasteiger partial charge is 0.303 e. The van der Waals surface area contributed by atoms with Gasteiger partial charge in [-0.2, -0.15) is 5.26 Å². The summed E-state index contributed by atoms with van der Waals surface area (Å²) < 4.78 is 0. The Morgan fingerprint density at radius 2 is 2.00 bits per heavy atom. The van der Waals surface area contributed by atoms with Crippen LogP contribution >= 0.6 is 0 Å². The van der Waals surface area contributed by atoms with Crippen molar-refractivity contribution >= 4 is 11.9 Å². The van der Waals surface area contributed by atoms with Gasteiger partial charge in [-0.05, 0) is 18.8 Å². The molecule has 0 unspecified atom stereocenters. The highest BCUT2D eigenvalue weighted by molar-refractivity contribution is 5.97. The van der Waals surface area contributed by atoms with E-state index in [0.29, 0.717) is 31.8 Å². The zero-order valence-corrected chi connectivity index (χ0v) is 12.1. The maximum atomic E-state index is 11.7. The highest BCUT2D eigenvalue weighted by Crippen LogP contribution is 1.99. The summed E-state index contributed by atoms with van der Waals surface area (Å²) in [6.07, 6.45) is 3.62. The molecule has 0 saturated carbocycles. The molecule has 3 N–H and O–H groups in total. The van der Waals surface area contributed by atoms with Crippen LogP contribution in [0.2, 0.25) is 0 Å². The van der Waals surface area contributed by atoms with Gasteiger partial charge < -0.3 is 15.7 Å². The van der Waals surface area contributed by atoms with Crippen molar-refractivity contribution < 1.29 is 14.7 Å². The van der Waals surface area contributed by atoms with Crippen molar-refractivity contribution in [3.63, 3.8) is 0 Å². The molecule has 0 saturated heterocycles. The van der Waals surface area contributed by atoms with Crippen molar-refractivity contribution in [3.8, 4) is 6.07 Å². The van der Waals surface area contributed by atoms with E-state index in [1.165, 1.54) is 6.20 Å². The van der Waals surface area contributed by atoms with E-state index in [2.05, 4.69) is 10.6 Å². The highest BCUT2D eigenvalue weighted by Gasteiger charge is 2.07. The number of unbranched alkanes of at least 4 members (excludes halogenated alkanes) is 2. The molecule has 0 atom stereocenters. The number of carboxylic acid groups (broad SMARTS) is 1. The first kappa shape index (κ1) is 18.0. The summed E-state index contributed by atoms with van der Waals surface area (Å²) >= 11 is 0. The first-order chi connectivity index (χ1) is 9.47. The van der Waals surface area contributed by atoms with Crippen molar-refractivity contribution in [3.05, 3.63) is 11.8 Å². The molecular weight excluding hydrogens is 258 g/mol. The minimum atomic E-state index is -0.806. The Morgan fingerprint density at radius 3 is 2.55 bits per heavy atom. The third kappa shape index (κ3) is 9.95. The maximum absolute atomic E-state index is 11.7. The van der Waals surface area contributed by atoms with Crippen LogP contribution in [0.3, 0.4) is 0 Å². The van der Waals surface area contributed by atoms with E-state index in [0.717, 1.165) is 6.42 Å². The number of nitrogens with one attached hydrogen (secondary N) is 2. The van der Waals surface area contributed by atoms with Crippen molar-refractivity contribution in [2.45, 2.75) is 39.5 Å². The maximum Gasteiger partial charge on any atom is 0.303 e. The van der Waals surface area contributed by atoms with E-state index in [1.807, 2.05) is 19.9 Å². The van der Waals surface area contributed by atoms with Crippen molar-refractivity contribution in [2.24, 2.45) is 5.92 Å². The second kappa shape index (κ2) is 10.9. The highest BCUT2D eigenvalue weighted by atomic mass is 16.4. The molecule has 0 aliphatic heterocycles. The molecule has 0 heterocycles. The SMILES string of the molecule is CC(C)CN/C=C(/C#N)C(=O)NCCCCCC(=O)O. The van der Waals surface area contributed by atoms with E-state index in [-0.39, 0.29) is 12.0 Å². The predicted molar refractivity (Wildman–Crippen MR) is 75.7 cm³/mol. The van der Waals surface area contributed by atoms with Gasteiger partial charge in [0.15, 0.2) is 0 Å². The Bertz CT molecular complexity index is 384. The number of carbonyl (C=O) groups excluding carboxylic acids is 1. The molecule has 0 aliphatic rings. The standard InChI is InChI=1S/C14H23N3O3/c1-11(2)9-16-10-12(8-15)14(20)17-7-5-3-4-6-13(18)19/h10-11,16H,3-7,9H2,1-2H3,(H,17,20)(H,18,19)/b12-10-. The summed E-state index contributed by atoms with van der Waals surface area (Å²) in [5.74, 6) is -0.773. The van der Waals surface area contributed by atoms with Crippen LogP contribution in [0, 0.1) is 17.2 Å². The average Bonchev–Trinajstić information content (AvgIpc) is 2.37. The summed E-state index contributed by atoms with van der Waals surface area (Å²) in [6, 6.07) is 1.85. The Kier molecular flexibility index (Phi) is 9.75. The Hall–Kier alpha value is -2.03. The number of hydrogen-bond donors (Lipinski definition) is 3. The molecule has 0 aliphatic carbocycles. The quantitative estimate of drug-likeness (QED) is 0.319. The molecule has 0 bridgehead atoms. The van der Waals surface area contributed by atoms with Crippen molar-refractivity contribution in [2.75, 3.05) is 13.1 Å². The second-order valence-corrected chi connectivity index (χ2v) is 4.93. The third-order valence-electron chi connectivity index (χ3n) is 2.49. The van der Waals surface area contributed by atoms with Gasteiger partial charge in [-0.25, -0.2) is 0 Å². The van der Waals surface area contributed by atoms with E-state index in [9.17, 15) is 9.59 Å². The zero-order chi connectivity index (χ0) is 15.4. The van der Waals surface area contributed by atoms with E-state index in [4.69, 9.17) is 10.4 Å². The lowest BCUT2D eigenvalue weighted by Gasteiger charge is -2.06. The molecule has 0 radical (unpaired) electrons. The lowest BCUT2D eigenvalue weighted by atomic mass is 10.2. The molecule has 6 nitrogen and oxygen atoms in total. The summed E-state index contributed by atoms with van der Waals surface area (Å²) in [5, 5.41) is 22.9. The van der Waals surface area contributed by atoms with Gasteiger partial charge in [0.05, 0.1) is 0 Å². The van der Waals surface area contributed by atoms with Crippen LogP contribution in [-0.4, -0.2) is 30.1 Å². The minimum Gasteiger partial charge on any atom is -0.481 e. The number of carboxylic acids is 1. The van der Waals surface area contributed by atoms with Gasteiger partial charge in [0.2, 0.25) is 0 Å². The number of rotatable bonds is 10. The fourth-order valence-corrected chi connectivity index (χ4v) is 1.42. The molecule has 0 spiro atoms. The number of hydrogen-bond acceptors (Lipinski definition) is 4. The Morgan fingerprint density at radius 1 is 1.30 bits per heavy atom. The number of carbonyl (C=O) groups is 2. The normalized spacial score (nSPS) is 11.0. The van der Waals surface area contributed by atoms with Crippen LogP contribution in [0.5, 0.6) is 0 Å². The molecule has 1 amide bonds. The Balaban J connectivity index is 3.87. The summed E-state index contributed by atoms with van der Waals surface area (Å²) in [4.78, 5) is 22.0. The van der Waals surface area contributed by atoms with Gasteiger partial charge in [-0.15, -0.1) is 0 Å². The van der Waals surface area contributed by atoms with Gasteiger partial charge in [0.25, 0.3) is 5.91 Å². The van der Waals surface area contributed by atoms with E-state index < -0.39 is 11.9 Å². The van der Waals surface area contributed by atoms with Gasteiger partial charge in [0.1, 0.15) is 11.6 Å². The molecular formula is C14H23N3O3. The van der Waals surface area contributed by atoms with E-state index in [1.54, 1.807) is 0 Å². The number of nitrogens with zero attached hydrogens (tertiary/aromatic N) is 1. The van der Waals surface area contributed by atoms with Crippen LogP contribution in [0.25, 0.3) is 0 Å². The molecule has 0 aromatic carbocycles. The topological polar surface area (TPSA) is 102 Å².